The summed E-state index contributed by atoms with van der Waals surface area (Å²) in [6, 6.07) is 5.09. The molecule has 6 heteroatoms. The number of hydrogen-bond donors (Lipinski definition) is 1. The first kappa shape index (κ1) is 14.6. The number of rotatable bonds is 4. The van der Waals surface area contributed by atoms with E-state index >= 15 is 0 Å². The second-order valence-electron chi connectivity index (χ2n) is 3.84. The van der Waals surface area contributed by atoms with E-state index in [9.17, 15) is 17.9 Å². The van der Waals surface area contributed by atoms with Gasteiger partial charge in [0.05, 0.1) is 0 Å². The molecule has 1 N–H and O–H groups in total. The summed E-state index contributed by atoms with van der Waals surface area (Å²) in [5, 5.41) is 10.1. The van der Waals surface area contributed by atoms with Crippen molar-refractivity contribution in [2.24, 2.45) is 0 Å². The van der Waals surface area contributed by atoms with Crippen LogP contribution in [0, 0.1) is 5.82 Å². The summed E-state index contributed by atoms with van der Waals surface area (Å²) in [6.07, 6.45) is -1.26. The minimum absolute atomic E-state index is 0.0903. The van der Waals surface area contributed by atoms with E-state index in [2.05, 4.69) is 15.9 Å². The summed E-state index contributed by atoms with van der Waals surface area (Å²) in [7, 11) is -3.48. The molecule has 0 unspecified atom stereocenters. The van der Waals surface area contributed by atoms with Crippen molar-refractivity contribution in [3.8, 4) is 0 Å². The van der Waals surface area contributed by atoms with Gasteiger partial charge in [0, 0.05) is 5.75 Å². The van der Waals surface area contributed by atoms with Gasteiger partial charge in [0.2, 0.25) is 0 Å². The van der Waals surface area contributed by atoms with E-state index in [0.717, 1.165) is 0 Å². The Balaban J connectivity index is 3.12. The smallest absolute Gasteiger partial charge is 0.168 e. The summed E-state index contributed by atoms with van der Waals surface area (Å²) < 4.78 is 34.9. The maximum Gasteiger partial charge on any atom is 0.168 e. The summed E-state index contributed by atoms with van der Waals surface area (Å²) in [5.41, 5.74) is 0.350. The molecule has 0 heterocycles. The van der Waals surface area contributed by atoms with Crippen molar-refractivity contribution in [1.29, 1.82) is 0 Å². The van der Waals surface area contributed by atoms with Crippen molar-refractivity contribution < 1.29 is 17.9 Å². The number of halogens is 2. The number of aliphatic hydroxyl groups excluding tert-OH is 1. The van der Waals surface area contributed by atoms with Gasteiger partial charge in [-0.2, -0.15) is 0 Å². The molecule has 96 valence electrons. The van der Waals surface area contributed by atoms with Crippen LogP contribution in [-0.4, -0.2) is 22.9 Å². The molecule has 3 nitrogen and oxygen atoms in total. The van der Waals surface area contributed by atoms with Crippen LogP contribution in [0.25, 0.3) is 0 Å². The largest absolute Gasteiger partial charge is 0.386 e. The minimum Gasteiger partial charge on any atom is -0.386 e. The Morgan fingerprint density at radius 1 is 1.41 bits per heavy atom. The zero-order chi connectivity index (χ0) is 13.3. The third-order valence-electron chi connectivity index (χ3n) is 2.66. The third kappa shape index (κ3) is 2.86. The van der Waals surface area contributed by atoms with Crippen molar-refractivity contribution in [2.45, 2.75) is 23.6 Å². The molecule has 1 aromatic rings. The lowest BCUT2D eigenvalue weighted by molar-refractivity contribution is 0.167. The molecule has 1 rings (SSSR count). The lowest BCUT2D eigenvalue weighted by Crippen LogP contribution is -2.36. The molecule has 0 fully saturated rings. The number of benzene rings is 1. The highest BCUT2D eigenvalue weighted by atomic mass is 79.9. The fraction of sp³-hybridized carbons (Fsp3) is 0.455. The summed E-state index contributed by atoms with van der Waals surface area (Å²) >= 11 is 3.05. The fourth-order valence-corrected chi connectivity index (χ4v) is 3.39. The molecule has 0 aliphatic rings. The lowest BCUT2D eigenvalue weighted by atomic mass is 10.1. The van der Waals surface area contributed by atoms with Crippen LogP contribution in [0.2, 0.25) is 0 Å². The van der Waals surface area contributed by atoms with E-state index in [1.165, 1.54) is 38.1 Å². The molecule has 0 spiro atoms. The third-order valence-corrected chi connectivity index (χ3v) is 6.78. The highest BCUT2D eigenvalue weighted by Crippen LogP contribution is 2.38. The van der Waals surface area contributed by atoms with Crippen LogP contribution in [0.3, 0.4) is 0 Å². The van der Waals surface area contributed by atoms with E-state index in [-0.39, 0.29) is 5.75 Å². The van der Waals surface area contributed by atoms with Gasteiger partial charge in [-0.05, 0) is 24.6 Å². The van der Waals surface area contributed by atoms with Gasteiger partial charge in [-0.25, -0.2) is 12.8 Å². The van der Waals surface area contributed by atoms with Crippen molar-refractivity contribution in [1.82, 2.24) is 0 Å². The monoisotopic (exact) mass is 324 g/mol. The molecule has 0 amide bonds. The molecular formula is C11H14BrFO3S. The molecular weight excluding hydrogens is 311 g/mol. The number of sulfone groups is 1. The van der Waals surface area contributed by atoms with E-state index in [1.54, 1.807) is 0 Å². The van der Waals surface area contributed by atoms with Crippen LogP contribution < -0.4 is 0 Å². The molecule has 0 bridgehead atoms. The van der Waals surface area contributed by atoms with E-state index in [0.29, 0.717) is 5.56 Å². The van der Waals surface area contributed by atoms with Gasteiger partial charge < -0.3 is 5.11 Å². The van der Waals surface area contributed by atoms with Crippen LogP contribution in [0.4, 0.5) is 4.39 Å². The number of hydrogen-bond acceptors (Lipinski definition) is 3. The quantitative estimate of drug-likeness (QED) is 0.865. The second-order valence-corrected chi connectivity index (χ2v) is 8.67. The second kappa shape index (κ2) is 5.04. The van der Waals surface area contributed by atoms with Crippen molar-refractivity contribution in [2.75, 3.05) is 5.75 Å². The van der Waals surface area contributed by atoms with E-state index in [4.69, 9.17) is 0 Å². The zero-order valence-corrected chi connectivity index (χ0v) is 11.9. The Bertz CT molecular complexity index is 482. The SMILES string of the molecule is CCS(=O)(=O)[C@](C)(Br)[C@@H](O)c1ccc(F)cc1. The van der Waals surface area contributed by atoms with Crippen LogP contribution >= 0.6 is 15.9 Å². The van der Waals surface area contributed by atoms with Crippen LogP contribution in [-0.2, 0) is 9.84 Å². The van der Waals surface area contributed by atoms with Crippen molar-refractivity contribution >= 4 is 25.8 Å². The van der Waals surface area contributed by atoms with Gasteiger partial charge in [0.1, 0.15) is 11.9 Å². The molecule has 0 saturated heterocycles. The van der Waals surface area contributed by atoms with Crippen LogP contribution in [0.1, 0.15) is 25.5 Å². The highest BCUT2D eigenvalue weighted by Gasteiger charge is 2.42. The van der Waals surface area contributed by atoms with Gasteiger partial charge in [-0.3, -0.25) is 0 Å². The Hall–Kier alpha value is -0.460. The summed E-state index contributed by atoms with van der Waals surface area (Å²) in [4.78, 5) is 0. The predicted molar refractivity (Wildman–Crippen MR) is 68.2 cm³/mol. The summed E-state index contributed by atoms with van der Waals surface area (Å²) in [6.45, 7) is 2.89. The van der Waals surface area contributed by atoms with Crippen molar-refractivity contribution in [3.63, 3.8) is 0 Å². The minimum atomic E-state index is -3.48. The average molecular weight is 325 g/mol. The van der Waals surface area contributed by atoms with Crippen LogP contribution in [0.15, 0.2) is 24.3 Å². The standard InChI is InChI=1S/C11H14BrFO3S/c1-3-17(15,16)11(2,12)10(14)8-4-6-9(13)7-5-8/h4-7,10,14H,3H2,1-2H3/t10-,11-/m0/s1. The molecule has 0 aliphatic heterocycles. The molecule has 17 heavy (non-hydrogen) atoms. The Kier molecular flexibility index (Phi) is 4.33. The zero-order valence-electron chi connectivity index (χ0n) is 9.52. The van der Waals surface area contributed by atoms with Gasteiger partial charge in [-0.15, -0.1) is 0 Å². The first-order chi connectivity index (χ1) is 7.72. The van der Waals surface area contributed by atoms with E-state index < -0.39 is 25.4 Å². The first-order valence-corrected chi connectivity index (χ1v) is 7.51. The molecule has 1 aromatic carbocycles. The number of aliphatic hydroxyl groups is 1. The Labute approximate surface area is 109 Å². The van der Waals surface area contributed by atoms with Crippen molar-refractivity contribution in [3.05, 3.63) is 35.6 Å². The van der Waals surface area contributed by atoms with Gasteiger partial charge in [0.25, 0.3) is 0 Å². The maximum atomic E-state index is 12.7. The van der Waals surface area contributed by atoms with Gasteiger partial charge in [0.15, 0.2) is 13.5 Å². The Morgan fingerprint density at radius 3 is 2.29 bits per heavy atom. The lowest BCUT2D eigenvalue weighted by Gasteiger charge is -2.28. The van der Waals surface area contributed by atoms with E-state index in [1.807, 2.05) is 0 Å². The fourth-order valence-electron chi connectivity index (χ4n) is 1.40. The van der Waals surface area contributed by atoms with Crippen LogP contribution in [0.5, 0.6) is 0 Å². The summed E-state index contributed by atoms with van der Waals surface area (Å²) in [5.74, 6) is -0.525. The Morgan fingerprint density at radius 2 is 1.88 bits per heavy atom. The highest BCUT2D eigenvalue weighted by molar-refractivity contribution is 9.11. The topological polar surface area (TPSA) is 54.4 Å². The normalized spacial score (nSPS) is 17.5. The molecule has 0 aromatic heterocycles. The van der Waals surface area contributed by atoms with Gasteiger partial charge >= 0.3 is 0 Å². The molecule has 2 atom stereocenters. The maximum absolute atomic E-state index is 12.7. The average Bonchev–Trinajstić information content (AvgIpc) is 2.28. The molecule has 0 aliphatic carbocycles. The predicted octanol–water partition coefficient (Wildman–Crippen LogP) is 2.40. The number of alkyl halides is 1. The van der Waals surface area contributed by atoms with Gasteiger partial charge in [-0.1, -0.05) is 35.0 Å². The molecule has 0 radical (unpaired) electrons. The first-order valence-electron chi connectivity index (χ1n) is 5.07. The molecule has 0 saturated carbocycles.